The largest absolute Gasteiger partial charge is 0.303 e. The summed E-state index contributed by atoms with van der Waals surface area (Å²) in [6.07, 6.45) is 5.26. The van der Waals surface area contributed by atoms with Crippen LogP contribution in [0.2, 0.25) is 0 Å². The third-order valence-electron chi connectivity index (χ3n) is 2.68. The smallest absolute Gasteiger partial charge is 0.00100 e. The van der Waals surface area contributed by atoms with Crippen LogP contribution >= 0.6 is 0 Å². The summed E-state index contributed by atoms with van der Waals surface area (Å²) in [5.74, 6) is 0.983. The molecule has 65 valence electrons. The van der Waals surface area contributed by atoms with Crippen LogP contribution in [0.1, 0.15) is 32.6 Å². The van der Waals surface area contributed by atoms with E-state index in [2.05, 4.69) is 18.7 Å². The van der Waals surface area contributed by atoms with Gasteiger partial charge in [-0.1, -0.05) is 26.7 Å². The molecule has 1 atom stereocenters. The van der Waals surface area contributed by atoms with Crippen LogP contribution in [0.25, 0.3) is 0 Å². The molecule has 0 spiro atoms. The van der Waals surface area contributed by atoms with Gasteiger partial charge in [0.05, 0.1) is 0 Å². The molecule has 0 N–H and O–H groups in total. The maximum atomic E-state index is 3.87. The molecule has 1 heteroatoms. The highest BCUT2D eigenvalue weighted by Gasteiger charge is 2.19. The summed E-state index contributed by atoms with van der Waals surface area (Å²) in [7, 11) is 0. The lowest BCUT2D eigenvalue weighted by Crippen LogP contribution is -2.19. The molecule has 1 nitrogen and oxygen atoms in total. The zero-order valence-electron chi connectivity index (χ0n) is 7.68. The van der Waals surface area contributed by atoms with Crippen molar-refractivity contribution in [1.29, 1.82) is 0 Å². The molecule has 1 unspecified atom stereocenters. The van der Waals surface area contributed by atoms with Crippen LogP contribution in [0.4, 0.5) is 0 Å². The highest BCUT2D eigenvalue weighted by molar-refractivity contribution is 4.74. The molecule has 1 rings (SSSR count). The minimum absolute atomic E-state index is 0.983. The van der Waals surface area contributed by atoms with E-state index in [0.717, 1.165) is 12.3 Å². The predicted molar refractivity (Wildman–Crippen MR) is 49.4 cm³/mol. The summed E-state index contributed by atoms with van der Waals surface area (Å²) in [6.45, 7) is 10.0. The second-order valence-electron chi connectivity index (χ2n) is 3.54. The molecule has 1 heterocycles. The molecule has 1 radical (unpaired) electrons. The molecule has 0 bridgehead atoms. The Morgan fingerprint density at radius 3 is 2.91 bits per heavy atom. The van der Waals surface area contributed by atoms with Gasteiger partial charge >= 0.3 is 0 Å². The summed E-state index contributed by atoms with van der Waals surface area (Å²) >= 11 is 0. The average Bonchev–Trinajstić information content (AvgIpc) is 2.48. The van der Waals surface area contributed by atoms with Crippen LogP contribution in [0.15, 0.2) is 0 Å². The molecule has 0 aromatic heterocycles. The summed E-state index contributed by atoms with van der Waals surface area (Å²) in [4.78, 5) is 2.55. The molecule has 0 amide bonds. The van der Waals surface area contributed by atoms with Gasteiger partial charge in [0.1, 0.15) is 0 Å². The summed E-state index contributed by atoms with van der Waals surface area (Å²) in [6, 6.07) is 0. The topological polar surface area (TPSA) is 3.24 Å². The van der Waals surface area contributed by atoms with Crippen LogP contribution in [-0.2, 0) is 0 Å². The lowest BCUT2D eigenvalue weighted by Gasteiger charge is -2.12. The van der Waals surface area contributed by atoms with E-state index in [0.29, 0.717) is 0 Å². The van der Waals surface area contributed by atoms with Crippen molar-refractivity contribution in [2.75, 3.05) is 19.6 Å². The van der Waals surface area contributed by atoms with Crippen molar-refractivity contribution in [2.45, 2.75) is 32.6 Å². The van der Waals surface area contributed by atoms with E-state index < -0.39 is 0 Å². The molecule has 0 aromatic rings. The average molecular weight is 154 g/mol. The molecule has 1 saturated heterocycles. The Balaban J connectivity index is 2.09. The molecule has 0 saturated carbocycles. The van der Waals surface area contributed by atoms with E-state index in [1.165, 1.54) is 38.9 Å². The number of unbranched alkanes of at least 4 members (excludes halogenated alkanes) is 1. The van der Waals surface area contributed by atoms with Gasteiger partial charge < -0.3 is 4.90 Å². The van der Waals surface area contributed by atoms with Crippen LogP contribution < -0.4 is 0 Å². The van der Waals surface area contributed by atoms with Gasteiger partial charge in [-0.3, -0.25) is 0 Å². The number of rotatable bonds is 4. The van der Waals surface area contributed by atoms with Crippen molar-refractivity contribution in [3.8, 4) is 0 Å². The normalized spacial score (nSPS) is 26.2. The van der Waals surface area contributed by atoms with Crippen molar-refractivity contribution >= 4 is 0 Å². The minimum atomic E-state index is 0.983. The van der Waals surface area contributed by atoms with E-state index >= 15 is 0 Å². The van der Waals surface area contributed by atoms with E-state index in [-0.39, 0.29) is 0 Å². The van der Waals surface area contributed by atoms with Crippen molar-refractivity contribution < 1.29 is 0 Å². The van der Waals surface area contributed by atoms with E-state index in [1.807, 2.05) is 0 Å². The fraction of sp³-hybridized carbons (Fsp3) is 0.900. The highest BCUT2D eigenvalue weighted by atomic mass is 15.1. The first-order valence-electron chi connectivity index (χ1n) is 4.88. The molecule has 1 aliphatic heterocycles. The number of hydrogen-bond donors (Lipinski definition) is 0. The number of likely N-dealkylation sites (tertiary alicyclic amines) is 1. The zero-order chi connectivity index (χ0) is 8.10. The van der Waals surface area contributed by atoms with Gasteiger partial charge in [0.2, 0.25) is 0 Å². The number of nitrogens with zero attached hydrogens (tertiary/aromatic N) is 1. The fourth-order valence-electron chi connectivity index (χ4n) is 1.87. The highest BCUT2D eigenvalue weighted by Crippen LogP contribution is 2.20. The first-order valence-corrected chi connectivity index (χ1v) is 4.88. The third-order valence-corrected chi connectivity index (χ3v) is 2.68. The van der Waals surface area contributed by atoms with Crippen molar-refractivity contribution in [3.63, 3.8) is 0 Å². The van der Waals surface area contributed by atoms with Crippen LogP contribution in [0.5, 0.6) is 0 Å². The lowest BCUT2D eigenvalue weighted by atomic mass is 10.0. The Labute approximate surface area is 70.8 Å². The quantitative estimate of drug-likeness (QED) is 0.600. The Bertz CT molecular complexity index is 101. The van der Waals surface area contributed by atoms with Gasteiger partial charge in [0.15, 0.2) is 0 Å². The molecule has 0 aromatic carbocycles. The fourth-order valence-corrected chi connectivity index (χ4v) is 1.87. The Morgan fingerprint density at radius 2 is 2.36 bits per heavy atom. The predicted octanol–water partition coefficient (Wildman–Crippen LogP) is 2.33. The SMILES string of the molecule is [CH2]CCCC1CCN(CC)C1. The summed E-state index contributed by atoms with van der Waals surface area (Å²) in [5.41, 5.74) is 0. The van der Waals surface area contributed by atoms with E-state index in [1.54, 1.807) is 0 Å². The Morgan fingerprint density at radius 1 is 1.55 bits per heavy atom. The molecule has 11 heavy (non-hydrogen) atoms. The number of hydrogen-bond acceptors (Lipinski definition) is 1. The second kappa shape index (κ2) is 4.76. The maximum absolute atomic E-state index is 3.87. The molecule has 1 aliphatic rings. The van der Waals surface area contributed by atoms with Gasteiger partial charge in [-0.15, -0.1) is 0 Å². The van der Waals surface area contributed by atoms with Gasteiger partial charge in [-0.25, -0.2) is 0 Å². The molecular formula is C10H20N. The molecule has 1 fully saturated rings. The van der Waals surface area contributed by atoms with Crippen LogP contribution in [-0.4, -0.2) is 24.5 Å². The maximum Gasteiger partial charge on any atom is 0.00100 e. The van der Waals surface area contributed by atoms with Gasteiger partial charge in [0, 0.05) is 6.54 Å². The van der Waals surface area contributed by atoms with Gasteiger partial charge in [-0.2, -0.15) is 0 Å². The van der Waals surface area contributed by atoms with Gasteiger partial charge in [0.25, 0.3) is 0 Å². The van der Waals surface area contributed by atoms with E-state index in [9.17, 15) is 0 Å². The minimum Gasteiger partial charge on any atom is -0.303 e. The van der Waals surface area contributed by atoms with Crippen molar-refractivity contribution in [3.05, 3.63) is 6.92 Å². The van der Waals surface area contributed by atoms with Gasteiger partial charge in [-0.05, 0) is 31.8 Å². The lowest BCUT2D eigenvalue weighted by molar-refractivity contribution is 0.336. The third kappa shape index (κ3) is 2.82. The molecule has 0 aliphatic carbocycles. The Hall–Kier alpha value is -0.0400. The second-order valence-corrected chi connectivity index (χ2v) is 3.54. The monoisotopic (exact) mass is 154 g/mol. The van der Waals surface area contributed by atoms with Crippen LogP contribution in [0, 0.1) is 12.8 Å². The zero-order valence-corrected chi connectivity index (χ0v) is 7.68. The van der Waals surface area contributed by atoms with Crippen LogP contribution in [0.3, 0.4) is 0 Å². The first kappa shape index (κ1) is 9.05. The first-order chi connectivity index (χ1) is 5.36. The standard InChI is InChI=1S/C10H20N/c1-3-5-6-10-7-8-11(4-2)9-10/h10H,1,3-9H2,2H3. The summed E-state index contributed by atoms with van der Waals surface area (Å²) in [5, 5.41) is 0. The summed E-state index contributed by atoms with van der Waals surface area (Å²) < 4.78 is 0. The van der Waals surface area contributed by atoms with E-state index in [4.69, 9.17) is 0 Å². The molecular weight excluding hydrogens is 134 g/mol. The Kier molecular flexibility index (Phi) is 3.92. The van der Waals surface area contributed by atoms with Crippen molar-refractivity contribution in [2.24, 2.45) is 5.92 Å². The van der Waals surface area contributed by atoms with Crippen molar-refractivity contribution in [1.82, 2.24) is 4.90 Å².